The number of ether oxygens (including phenoxy) is 2. The van der Waals surface area contributed by atoms with E-state index in [0.717, 1.165) is 5.56 Å². The molecule has 0 unspecified atom stereocenters. The molecule has 0 saturated carbocycles. The van der Waals surface area contributed by atoms with Crippen molar-refractivity contribution >= 4 is 28.0 Å². The molecule has 0 aliphatic heterocycles. The van der Waals surface area contributed by atoms with E-state index in [4.69, 9.17) is 4.74 Å². The Morgan fingerprint density at radius 1 is 1.21 bits per heavy atom. The van der Waals surface area contributed by atoms with E-state index in [9.17, 15) is 14.0 Å². The van der Waals surface area contributed by atoms with Gasteiger partial charge in [-0.05, 0) is 52.2 Å². The Bertz CT molecular complexity index is 751. The number of amides is 1. The van der Waals surface area contributed by atoms with E-state index in [-0.39, 0.29) is 23.7 Å². The van der Waals surface area contributed by atoms with Crippen LogP contribution >= 0.6 is 15.9 Å². The van der Waals surface area contributed by atoms with E-state index in [2.05, 4.69) is 26.0 Å². The second-order valence-corrected chi connectivity index (χ2v) is 5.66. The molecule has 0 spiro atoms. The summed E-state index contributed by atoms with van der Waals surface area (Å²) >= 11 is 3.08. The highest BCUT2D eigenvalue weighted by atomic mass is 79.9. The number of hydrogen-bond donors (Lipinski definition) is 1. The Hall–Kier alpha value is -2.41. The predicted molar refractivity (Wildman–Crippen MR) is 89.6 cm³/mol. The SMILES string of the molecule is COC(=O)c1ccccc1OC(=O)NCCc1ccc(Br)c(F)c1. The van der Waals surface area contributed by atoms with Crippen molar-refractivity contribution in [2.24, 2.45) is 0 Å². The van der Waals surface area contributed by atoms with Crippen LogP contribution in [0.15, 0.2) is 46.9 Å². The molecule has 0 aromatic heterocycles. The van der Waals surface area contributed by atoms with Crippen molar-refractivity contribution in [2.45, 2.75) is 6.42 Å². The summed E-state index contributed by atoms with van der Waals surface area (Å²) in [6.07, 6.45) is -0.262. The summed E-state index contributed by atoms with van der Waals surface area (Å²) in [4.78, 5) is 23.4. The van der Waals surface area contributed by atoms with Crippen molar-refractivity contribution in [1.82, 2.24) is 5.32 Å². The average Bonchev–Trinajstić information content (AvgIpc) is 2.58. The first-order valence-electron chi connectivity index (χ1n) is 7.08. The number of para-hydroxylation sites is 1. The summed E-state index contributed by atoms with van der Waals surface area (Å²) < 4.78 is 23.5. The summed E-state index contributed by atoms with van der Waals surface area (Å²) in [6, 6.07) is 11.0. The Morgan fingerprint density at radius 3 is 2.67 bits per heavy atom. The van der Waals surface area contributed by atoms with Crippen molar-refractivity contribution in [3.63, 3.8) is 0 Å². The highest BCUT2D eigenvalue weighted by Gasteiger charge is 2.15. The molecule has 7 heteroatoms. The fourth-order valence-electron chi connectivity index (χ4n) is 1.97. The molecule has 0 aliphatic rings. The summed E-state index contributed by atoms with van der Waals surface area (Å²) in [5, 5.41) is 2.55. The number of carbonyl (C=O) groups excluding carboxylic acids is 2. The third-order valence-corrected chi connectivity index (χ3v) is 3.81. The van der Waals surface area contributed by atoms with E-state index >= 15 is 0 Å². The quantitative estimate of drug-likeness (QED) is 0.783. The highest BCUT2D eigenvalue weighted by Crippen LogP contribution is 2.19. The van der Waals surface area contributed by atoms with Gasteiger partial charge in [-0.15, -0.1) is 0 Å². The van der Waals surface area contributed by atoms with Crippen molar-refractivity contribution in [3.8, 4) is 5.75 Å². The molecule has 126 valence electrons. The van der Waals surface area contributed by atoms with Crippen LogP contribution in [0.1, 0.15) is 15.9 Å². The molecule has 24 heavy (non-hydrogen) atoms. The van der Waals surface area contributed by atoms with E-state index in [1.165, 1.54) is 25.3 Å². The molecule has 0 radical (unpaired) electrons. The first-order valence-corrected chi connectivity index (χ1v) is 7.87. The van der Waals surface area contributed by atoms with E-state index in [0.29, 0.717) is 10.9 Å². The number of benzene rings is 2. The Labute approximate surface area is 146 Å². The number of halogens is 2. The zero-order chi connectivity index (χ0) is 17.5. The maximum atomic E-state index is 13.4. The number of rotatable bonds is 5. The normalized spacial score (nSPS) is 10.1. The molecule has 0 atom stereocenters. The van der Waals surface area contributed by atoms with Crippen molar-refractivity contribution < 1.29 is 23.5 Å². The van der Waals surface area contributed by atoms with Gasteiger partial charge < -0.3 is 14.8 Å². The van der Waals surface area contributed by atoms with Crippen molar-refractivity contribution in [3.05, 3.63) is 63.9 Å². The molecule has 5 nitrogen and oxygen atoms in total. The summed E-state index contributed by atoms with van der Waals surface area (Å²) in [5.41, 5.74) is 0.899. The van der Waals surface area contributed by atoms with Gasteiger partial charge in [-0.25, -0.2) is 14.0 Å². The monoisotopic (exact) mass is 395 g/mol. The molecule has 0 fully saturated rings. The highest BCUT2D eigenvalue weighted by molar-refractivity contribution is 9.10. The van der Waals surface area contributed by atoms with E-state index < -0.39 is 12.1 Å². The predicted octanol–water partition coefficient (Wildman–Crippen LogP) is 3.71. The summed E-state index contributed by atoms with van der Waals surface area (Å²) in [5.74, 6) is -0.845. The second kappa shape index (κ2) is 8.44. The first kappa shape index (κ1) is 17.9. The molecule has 2 aromatic rings. The Kier molecular flexibility index (Phi) is 6.31. The molecule has 2 rings (SSSR count). The topological polar surface area (TPSA) is 64.6 Å². The van der Waals surface area contributed by atoms with Crippen LogP contribution in [0.4, 0.5) is 9.18 Å². The number of nitrogens with one attached hydrogen (secondary N) is 1. The maximum absolute atomic E-state index is 13.4. The van der Waals surface area contributed by atoms with Crippen LogP contribution in [0.2, 0.25) is 0 Å². The lowest BCUT2D eigenvalue weighted by Gasteiger charge is -2.09. The third-order valence-electron chi connectivity index (χ3n) is 3.16. The van der Waals surface area contributed by atoms with Crippen molar-refractivity contribution in [1.29, 1.82) is 0 Å². The van der Waals surface area contributed by atoms with Gasteiger partial charge in [-0.3, -0.25) is 0 Å². The molecule has 1 amide bonds. The van der Waals surface area contributed by atoms with Crippen LogP contribution in [0, 0.1) is 5.82 Å². The van der Waals surface area contributed by atoms with Gasteiger partial charge in [0.05, 0.1) is 11.6 Å². The van der Waals surface area contributed by atoms with Gasteiger partial charge in [0.15, 0.2) is 0 Å². The molecule has 0 heterocycles. The molecule has 0 saturated heterocycles. The van der Waals surface area contributed by atoms with Gasteiger partial charge in [0, 0.05) is 6.54 Å². The minimum absolute atomic E-state index is 0.108. The zero-order valence-electron chi connectivity index (χ0n) is 12.8. The van der Waals surface area contributed by atoms with E-state index in [1.807, 2.05) is 0 Å². The third kappa shape index (κ3) is 4.79. The largest absolute Gasteiger partial charge is 0.465 e. The Balaban J connectivity index is 1.90. The fourth-order valence-corrected chi connectivity index (χ4v) is 2.22. The number of esters is 1. The number of hydrogen-bond acceptors (Lipinski definition) is 4. The lowest BCUT2D eigenvalue weighted by molar-refractivity contribution is 0.0598. The lowest BCUT2D eigenvalue weighted by Crippen LogP contribution is -2.29. The molecule has 0 bridgehead atoms. The number of methoxy groups -OCH3 is 1. The van der Waals surface area contributed by atoms with Gasteiger partial charge in [0.2, 0.25) is 0 Å². The zero-order valence-corrected chi connectivity index (χ0v) is 14.4. The fraction of sp³-hybridized carbons (Fsp3) is 0.176. The average molecular weight is 396 g/mol. The lowest BCUT2D eigenvalue weighted by atomic mass is 10.1. The minimum atomic E-state index is -0.705. The number of carbonyl (C=O) groups is 2. The molecular weight excluding hydrogens is 381 g/mol. The second-order valence-electron chi connectivity index (χ2n) is 4.80. The standard InChI is InChI=1S/C17H15BrFNO4/c1-23-16(21)12-4-2-3-5-15(12)24-17(22)20-9-8-11-6-7-13(18)14(19)10-11/h2-7,10H,8-9H2,1H3,(H,20,22). The van der Waals surface area contributed by atoms with Crippen LogP contribution in [0.3, 0.4) is 0 Å². The molecule has 0 aliphatic carbocycles. The van der Waals surface area contributed by atoms with Gasteiger partial charge in [0.1, 0.15) is 17.1 Å². The van der Waals surface area contributed by atoms with Crippen LogP contribution in [0.25, 0.3) is 0 Å². The van der Waals surface area contributed by atoms with Gasteiger partial charge in [-0.2, -0.15) is 0 Å². The summed E-state index contributed by atoms with van der Waals surface area (Å²) in [6.45, 7) is 0.264. The molecule has 1 N–H and O–H groups in total. The van der Waals surface area contributed by atoms with Crippen LogP contribution in [-0.2, 0) is 11.2 Å². The first-order chi connectivity index (χ1) is 11.5. The molecular formula is C17H15BrFNO4. The van der Waals surface area contributed by atoms with Crippen molar-refractivity contribution in [2.75, 3.05) is 13.7 Å². The minimum Gasteiger partial charge on any atom is -0.465 e. The van der Waals surface area contributed by atoms with Gasteiger partial charge in [-0.1, -0.05) is 18.2 Å². The van der Waals surface area contributed by atoms with Crippen LogP contribution in [0.5, 0.6) is 5.75 Å². The maximum Gasteiger partial charge on any atom is 0.412 e. The van der Waals surface area contributed by atoms with E-state index in [1.54, 1.807) is 24.3 Å². The van der Waals surface area contributed by atoms with Gasteiger partial charge in [0.25, 0.3) is 0 Å². The Morgan fingerprint density at radius 2 is 1.96 bits per heavy atom. The smallest absolute Gasteiger partial charge is 0.412 e. The molecule has 2 aromatic carbocycles. The van der Waals surface area contributed by atoms with Crippen LogP contribution < -0.4 is 10.1 Å². The summed E-state index contributed by atoms with van der Waals surface area (Å²) in [7, 11) is 1.25. The van der Waals surface area contributed by atoms with Crippen LogP contribution in [-0.4, -0.2) is 25.7 Å². The van der Waals surface area contributed by atoms with Gasteiger partial charge >= 0.3 is 12.1 Å².